The fourth-order valence-electron chi connectivity index (χ4n) is 2.66. The van der Waals surface area contributed by atoms with Crippen LogP contribution in [-0.2, 0) is 6.67 Å². The number of carbonyl (C=O) groups excluding carboxylic acids is 1. The highest BCUT2D eigenvalue weighted by atomic mass is 16.1. The fraction of sp³-hybridized carbons (Fsp3) is 0.0526. The van der Waals surface area contributed by atoms with E-state index in [4.69, 9.17) is 0 Å². The van der Waals surface area contributed by atoms with Crippen LogP contribution in [0.3, 0.4) is 0 Å². The Bertz CT molecular complexity index is 884. The molecule has 0 atom stereocenters. The third kappa shape index (κ3) is 2.79. The normalized spacial score (nSPS) is 12.8. The Labute approximate surface area is 139 Å². The molecule has 0 unspecified atom stereocenters. The van der Waals surface area contributed by atoms with Crippen LogP contribution in [0.25, 0.3) is 6.08 Å². The van der Waals surface area contributed by atoms with Crippen LogP contribution in [0.15, 0.2) is 73.1 Å². The fourth-order valence-corrected chi connectivity index (χ4v) is 2.66. The highest BCUT2D eigenvalue weighted by Crippen LogP contribution is 2.21. The third-order valence-electron chi connectivity index (χ3n) is 3.87. The van der Waals surface area contributed by atoms with Crippen LogP contribution in [-0.4, -0.2) is 15.5 Å². The molecule has 5 nitrogen and oxygen atoms in total. The van der Waals surface area contributed by atoms with Gasteiger partial charge in [0.2, 0.25) is 0 Å². The Kier molecular flexibility index (Phi) is 3.59. The minimum atomic E-state index is -0.206. The van der Waals surface area contributed by atoms with E-state index in [0.29, 0.717) is 12.4 Å². The van der Waals surface area contributed by atoms with Crippen LogP contribution in [0, 0.1) is 0 Å². The van der Waals surface area contributed by atoms with Gasteiger partial charge < -0.3 is 14.8 Å². The van der Waals surface area contributed by atoms with E-state index in [-0.39, 0.29) is 5.91 Å². The number of fused-ring (bicyclic) bond motifs is 1. The third-order valence-corrected chi connectivity index (χ3v) is 3.87. The van der Waals surface area contributed by atoms with Gasteiger partial charge in [-0.25, -0.2) is 4.98 Å². The van der Waals surface area contributed by atoms with Crippen LogP contribution in [0.2, 0.25) is 0 Å². The molecule has 1 aromatic heterocycles. The molecule has 1 amide bonds. The van der Waals surface area contributed by atoms with Gasteiger partial charge in [0.05, 0.1) is 0 Å². The van der Waals surface area contributed by atoms with Crippen LogP contribution in [0.4, 0.5) is 11.4 Å². The number of amides is 1. The number of benzene rings is 2. The molecule has 1 aliphatic rings. The first-order valence-electron chi connectivity index (χ1n) is 7.73. The Morgan fingerprint density at radius 1 is 1.00 bits per heavy atom. The van der Waals surface area contributed by atoms with Crippen molar-refractivity contribution in [2.75, 3.05) is 10.2 Å². The highest BCUT2D eigenvalue weighted by Gasteiger charge is 2.17. The van der Waals surface area contributed by atoms with Crippen molar-refractivity contribution in [3.63, 3.8) is 0 Å². The molecule has 3 aromatic rings. The molecular weight excluding hydrogens is 300 g/mol. The molecule has 24 heavy (non-hydrogen) atoms. The molecule has 0 bridgehead atoms. The number of imidazole rings is 1. The van der Waals surface area contributed by atoms with Gasteiger partial charge in [-0.3, -0.25) is 4.79 Å². The molecule has 0 saturated heterocycles. The van der Waals surface area contributed by atoms with Crippen molar-refractivity contribution in [3.8, 4) is 0 Å². The summed E-state index contributed by atoms with van der Waals surface area (Å²) >= 11 is 0. The molecular formula is C19H16N4O. The summed E-state index contributed by atoms with van der Waals surface area (Å²) in [5, 5.41) is 2.86. The number of nitrogens with one attached hydrogen (secondary N) is 1. The lowest BCUT2D eigenvalue weighted by atomic mass is 10.3. The van der Waals surface area contributed by atoms with E-state index < -0.39 is 0 Å². The zero-order valence-electron chi connectivity index (χ0n) is 13.0. The van der Waals surface area contributed by atoms with E-state index in [9.17, 15) is 4.79 Å². The average Bonchev–Trinajstić information content (AvgIpc) is 3.07. The Morgan fingerprint density at radius 3 is 2.46 bits per heavy atom. The number of para-hydroxylation sites is 2. The summed E-state index contributed by atoms with van der Waals surface area (Å²) in [6.45, 7) is 0.626. The van der Waals surface area contributed by atoms with Gasteiger partial charge in [-0.1, -0.05) is 36.4 Å². The molecule has 2 heterocycles. The summed E-state index contributed by atoms with van der Waals surface area (Å²) in [7, 11) is 0. The van der Waals surface area contributed by atoms with E-state index in [1.165, 1.54) is 0 Å². The van der Waals surface area contributed by atoms with Gasteiger partial charge in [-0.15, -0.1) is 0 Å². The number of aromatic nitrogens is 2. The molecule has 2 aromatic carbocycles. The lowest BCUT2D eigenvalue weighted by Gasteiger charge is -2.24. The van der Waals surface area contributed by atoms with Gasteiger partial charge >= 0.3 is 0 Å². The standard InChI is InChI=1S/C19H16N4O/c24-19(20-15-7-3-1-4-8-15)17-13-23-14-22(12-11-18(23)21-17)16-9-5-2-6-10-16/h1-13H,14H2,(H,20,24). The lowest BCUT2D eigenvalue weighted by molar-refractivity contribution is 0.102. The first-order valence-corrected chi connectivity index (χ1v) is 7.73. The van der Waals surface area contributed by atoms with Crippen LogP contribution in [0.1, 0.15) is 16.3 Å². The van der Waals surface area contributed by atoms with Gasteiger partial charge in [0.25, 0.3) is 5.91 Å². The topological polar surface area (TPSA) is 50.2 Å². The highest BCUT2D eigenvalue weighted by molar-refractivity contribution is 6.02. The van der Waals surface area contributed by atoms with Crippen molar-refractivity contribution < 1.29 is 4.79 Å². The Morgan fingerprint density at radius 2 is 1.71 bits per heavy atom. The second-order valence-corrected chi connectivity index (χ2v) is 5.54. The Hall–Kier alpha value is -3.34. The van der Waals surface area contributed by atoms with Gasteiger partial charge in [0, 0.05) is 23.8 Å². The summed E-state index contributed by atoms with van der Waals surface area (Å²) in [6, 6.07) is 19.5. The van der Waals surface area contributed by atoms with Crippen molar-refractivity contribution in [1.29, 1.82) is 0 Å². The monoisotopic (exact) mass is 316 g/mol. The predicted octanol–water partition coefficient (Wildman–Crippen LogP) is 3.58. The van der Waals surface area contributed by atoms with E-state index in [2.05, 4.69) is 27.3 Å². The van der Waals surface area contributed by atoms with E-state index in [1.807, 2.05) is 65.4 Å². The number of hydrogen-bond acceptors (Lipinski definition) is 3. The zero-order valence-corrected chi connectivity index (χ0v) is 13.0. The van der Waals surface area contributed by atoms with E-state index in [0.717, 1.165) is 17.2 Å². The summed E-state index contributed by atoms with van der Waals surface area (Å²) in [4.78, 5) is 18.9. The molecule has 1 N–H and O–H groups in total. The maximum absolute atomic E-state index is 12.4. The average molecular weight is 316 g/mol. The summed E-state index contributed by atoms with van der Waals surface area (Å²) in [5.74, 6) is 0.572. The number of carbonyl (C=O) groups is 1. The molecule has 0 radical (unpaired) electrons. The molecule has 0 saturated carbocycles. The minimum Gasteiger partial charge on any atom is -0.329 e. The molecule has 5 heteroatoms. The quantitative estimate of drug-likeness (QED) is 0.803. The predicted molar refractivity (Wildman–Crippen MR) is 94.6 cm³/mol. The minimum absolute atomic E-state index is 0.206. The number of nitrogens with zero attached hydrogens (tertiary/aromatic N) is 3. The van der Waals surface area contributed by atoms with Crippen LogP contribution < -0.4 is 10.2 Å². The first-order chi connectivity index (χ1) is 11.8. The van der Waals surface area contributed by atoms with Gasteiger partial charge in [-0.05, 0) is 30.3 Å². The van der Waals surface area contributed by atoms with E-state index >= 15 is 0 Å². The van der Waals surface area contributed by atoms with Crippen LogP contribution >= 0.6 is 0 Å². The van der Waals surface area contributed by atoms with Crippen molar-refractivity contribution in [1.82, 2.24) is 9.55 Å². The van der Waals surface area contributed by atoms with Crippen molar-refractivity contribution in [3.05, 3.63) is 84.6 Å². The molecule has 0 aliphatic carbocycles. The van der Waals surface area contributed by atoms with Crippen molar-refractivity contribution >= 4 is 23.4 Å². The molecule has 0 fully saturated rings. The second-order valence-electron chi connectivity index (χ2n) is 5.54. The van der Waals surface area contributed by atoms with Crippen molar-refractivity contribution in [2.24, 2.45) is 0 Å². The van der Waals surface area contributed by atoms with Crippen molar-refractivity contribution in [2.45, 2.75) is 6.67 Å². The SMILES string of the molecule is O=C(Nc1ccccc1)c1cn2c(n1)C=CN(c1ccccc1)C2. The molecule has 1 aliphatic heterocycles. The zero-order chi connectivity index (χ0) is 16.4. The van der Waals surface area contributed by atoms with Gasteiger partial charge in [0.15, 0.2) is 0 Å². The first kappa shape index (κ1) is 14.3. The smallest absolute Gasteiger partial charge is 0.275 e. The lowest BCUT2D eigenvalue weighted by Crippen LogP contribution is -2.23. The Balaban J connectivity index is 1.53. The summed E-state index contributed by atoms with van der Waals surface area (Å²) in [6.07, 6.45) is 5.68. The number of rotatable bonds is 3. The maximum atomic E-state index is 12.4. The summed E-state index contributed by atoms with van der Waals surface area (Å²) in [5.41, 5.74) is 2.27. The summed E-state index contributed by atoms with van der Waals surface area (Å²) < 4.78 is 1.97. The second kappa shape index (κ2) is 6.04. The maximum Gasteiger partial charge on any atom is 0.275 e. The molecule has 118 valence electrons. The molecule has 0 spiro atoms. The van der Waals surface area contributed by atoms with Gasteiger partial charge in [-0.2, -0.15) is 0 Å². The molecule has 4 rings (SSSR count). The van der Waals surface area contributed by atoms with Crippen LogP contribution in [0.5, 0.6) is 0 Å². The largest absolute Gasteiger partial charge is 0.329 e. The van der Waals surface area contributed by atoms with Gasteiger partial charge in [0.1, 0.15) is 18.2 Å². The van der Waals surface area contributed by atoms with E-state index in [1.54, 1.807) is 6.20 Å². The number of anilines is 2. The number of hydrogen-bond donors (Lipinski definition) is 1.